The van der Waals surface area contributed by atoms with Gasteiger partial charge < -0.3 is 15.4 Å². The van der Waals surface area contributed by atoms with E-state index in [1.54, 1.807) is 25.1 Å². The van der Waals surface area contributed by atoms with Gasteiger partial charge in [-0.1, -0.05) is 6.07 Å². The standard InChI is InChI=1S/C22H24F3N3O5S/c1-14-12-17(6-7-20(14)26-15(2)29)27-21(30)16-8-10-28(11-9-16)34(31,32)19-5-3-4-18(13-19)33-22(23,24)25/h3-7,12-13,16H,8-11H2,1-2H3,(H,26,29)(H,27,30). The van der Waals surface area contributed by atoms with Crippen LogP contribution in [0.5, 0.6) is 5.75 Å². The summed E-state index contributed by atoms with van der Waals surface area (Å²) in [5.74, 6) is -1.52. The minimum absolute atomic E-state index is 0.0469. The lowest BCUT2D eigenvalue weighted by Gasteiger charge is -2.30. The Hall–Kier alpha value is -3.12. The van der Waals surface area contributed by atoms with Gasteiger partial charge in [0.1, 0.15) is 5.75 Å². The normalized spacial score (nSPS) is 15.6. The van der Waals surface area contributed by atoms with Crippen LogP contribution in [0.1, 0.15) is 25.3 Å². The Morgan fingerprint density at radius 2 is 1.74 bits per heavy atom. The SMILES string of the molecule is CC(=O)Nc1ccc(NC(=O)C2CCN(S(=O)(=O)c3cccc(OC(F)(F)F)c3)CC2)cc1C. The van der Waals surface area contributed by atoms with E-state index >= 15 is 0 Å². The van der Waals surface area contributed by atoms with E-state index in [9.17, 15) is 31.2 Å². The molecule has 0 spiro atoms. The first-order chi connectivity index (χ1) is 15.8. The van der Waals surface area contributed by atoms with Crippen LogP contribution in [0, 0.1) is 12.8 Å². The quantitative estimate of drug-likeness (QED) is 0.628. The molecule has 0 atom stereocenters. The number of halogens is 3. The van der Waals surface area contributed by atoms with Gasteiger partial charge >= 0.3 is 6.36 Å². The molecule has 0 unspecified atom stereocenters. The summed E-state index contributed by atoms with van der Waals surface area (Å²) < 4.78 is 68.1. The van der Waals surface area contributed by atoms with E-state index in [2.05, 4.69) is 15.4 Å². The third kappa shape index (κ3) is 6.48. The molecule has 2 N–H and O–H groups in total. The summed E-state index contributed by atoms with van der Waals surface area (Å²) in [6.07, 6.45) is -4.42. The van der Waals surface area contributed by atoms with Gasteiger partial charge in [0.25, 0.3) is 0 Å². The molecule has 1 aliphatic rings. The van der Waals surface area contributed by atoms with Gasteiger partial charge in [-0.05, 0) is 55.7 Å². The van der Waals surface area contributed by atoms with Crippen molar-refractivity contribution in [1.82, 2.24) is 4.31 Å². The summed E-state index contributed by atoms with van der Waals surface area (Å²) in [4.78, 5) is 23.6. The molecule has 0 aliphatic carbocycles. The van der Waals surface area contributed by atoms with Gasteiger partial charge in [-0.25, -0.2) is 8.42 Å². The maximum absolute atomic E-state index is 12.9. The van der Waals surface area contributed by atoms with Gasteiger partial charge in [0.2, 0.25) is 21.8 Å². The van der Waals surface area contributed by atoms with Crippen molar-refractivity contribution in [2.24, 2.45) is 5.92 Å². The van der Waals surface area contributed by atoms with Gasteiger partial charge in [0, 0.05) is 43.4 Å². The second-order valence-electron chi connectivity index (χ2n) is 7.90. The summed E-state index contributed by atoms with van der Waals surface area (Å²) in [5, 5.41) is 5.49. The lowest BCUT2D eigenvalue weighted by Crippen LogP contribution is -2.41. The lowest BCUT2D eigenvalue weighted by atomic mass is 9.97. The predicted octanol–water partition coefficient (Wildman–Crippen LogP) is 3.89. The molecule has 0 bridgehead atoms. The van der Waals surface area contributed by atoms with Crippen LogP contribution in [0.4, 0.5) is 24.5 Å². The fraction of sp³-hybridized carbons (Fsp3) is 0.364. The number of benzene rings is 2. The molecule has 0 radical (unpaired) electrons. The van der Waals surface area contributed by atoms with Crippen molar-refractivity contribution in [3.63, 3.8) is 0 Å². The van der Waals surface area contributed by atoms with Gasteiger partial charge in [0.05, 0.1) is 4.90 Å². The number of carbonyl (C=O) groups is 2. The fourth-order valence-electron chi connectivity index (χ4n) is 3.65. The van der Waals surface area contributed by atoms with Crippen LogP contribution >= 0.6 is 0 Å². The van der Waals surface area contributed by atoms with Crippen molar-refractivity contribution >= 4 is 33.2 Å². The van der Waals surface area contributed by atoms with E-state index in [1.807, 2.05) is 0 Å². The number of nitrogens with one attached hydrogen (secondary N) is 2. The largest absolute Gasteiger partial charge is 0.573 e. The molecule has 34 heavy (non-hydrogen) atoms. The molecule has 8 nitrogen and oxygen atoms in total. The fourth-order valence-corrected chi connectivity index (χ4v) is 5.16. The number of aryl methyl sites for hydroxylation is 1. The predicted molar refractivity (Wildman–Crippen MR) is 119 cm³/mol. The first-order valence-corrected chi connectivity index (χ1v) is 11.8. The van der Waals surface area contributed by atoms with E-state index in [0.29, 0.717) is 11.4 Å². The van der Waals surface area contributed by atoms with Crippen LogP contribution in [0.25, 0.3) is 0 Å². The number of ether oxygens (including phenoxy) is 1. The number of anilines is 2. The Kier molecular flexibility index (Phi) is 7.51. The zero-order chi connectivity index (χ0) is 25.1. The van der Waals surface area contributed by atoms with Crippen molar-refractivity contribution < 1.29 is 35.9 Å². The van der Waals surface area contributed by atoms with E-state index in [-0.39, 0.29) is 42.6 Å². The summed E-state index contributed by atoms with van der Waals surface area (Å²) in [7, 11) is -4.05. The molecule has 2 aromatic carbocycles. The summed E-state index contributed by atoms with van der Waals surface area (Å²) in [5.41, 5.74) is 1.95. The summed E-state index contributed by atoms with van der Waals surface area (Å²) in [6.45, 7) is 3.28. The Morgan fingerprint density at radius 3 is 2.32 bits per heavy atom. The molecule has 1 heterocycles. The second-order valence-corrected chi connectivity index (χ2v) is 9.84. The van der Waals surface area contributed by atoms with Gasteiger partial charge in [-0.3, -0.25) is 9.59 Å². The highest BCUT2D eigenvalue weighted by atomic mass is 32.2. The molecule has 12 heteroatoms. The number of hydrogen-bond donors (Lipinski definition) is 2. The zero-order valence-corrected chi connectivity index (χ0v) is 19.3. The van der Waals surface area contributed by atoms with E-state index in [1.165, 1.54) is 19.1 Å². The van der Waals surface area contributed by atoms with Crippen molar-refractivity contribution in [3.05, 3.63) is 48.0 Å². The topological polar surface area (TPSA) is 105 Å². The molecule has 0 aromatic heterocycles. The van der Waals surface area contributed by atoms with Crippen LogP contribution in [0.15, 0.2) is 47.4 Å². The maximum atomic E-state index is 12.9. The number of hydrogen-bond acceptors (Lipinski definition) is 5. The monoisotopic (exact) mass is 499 g/mol. The van der Waals surface area contributed by atoms with Gasteiger partial charge in [-0.15, -0.1) is 13.2 Å². The van der Waals surface area contributed by atoms with E-state index in [4.69, 9.17) is 0 Å². The molecule has 1 saturated heterocycles. The average Bonchev–Trinajstić information content (AvgIpc) is 2.74. The van der Waals surface area contributed by atoms with Gasteiger partial charge in [0.15, 0.2) is 0 Å². The Bertz CT molecular complexity index is 1180. The number of alkyl halides is 3. The second kappa shape index (κ2) is 10.0. The third-order valence-electron chi connectivity index (χ3n) is 5.31. The number of amides is 2. The number of nitrogens with zero attached hydrogens (tertiary/aromatic N) is 1. The van der Waals surface area contributed by atoms with Crippen molar-refractivity contribution in [1.29, 1.82) is 0 Å². The number of rotatable bonds is 6. The first-order valence-electron chi connectivity index (χ1n) is 10.4. The molecular formula is C22H24F3N3O5S. The highest BCUT2D eigenvalue weighted by Crippen LogP contribution is 2.29. The number of carbonyl (C=O) groups excluding carboxylic acids is 2. The average molecular weight is 500 g/mol. The molecule has 1 fully saturated rings. The molecule has 184 valence electrons. The minimum atomic E-state index is -4.93. The molecule has 1 aliphatic heterocycles. The molecule has 2 amide bonds. The van der Waals surface area contributed by atoms with Crippen molar-refractivity contribution in [2.75, 3.05) is 23.7 Å². The maximum Gasteiger partial charge on any atom is 0.573 e. The van der Waals surface area contributed by atoms with Gasteiger partial charge in [-0.2, -0.15) is 4.31 Å². The Morgan fingerprint density at radius 1 is 1.06 bits per heavy atom. The summed E-state index contributed by atoms with van der Waals surface area (Å²) in [6, 6.07) is 9.28. The Labute approximate surface area is 195 Å². The van der Waals surface area contributed by atoms with Crippen molar-refractivity contribution in [2.45, 2.75) is 37.9 Å². The van der Waals surface area contributed by atoms with Crippen LogP contribution in [-0.4, -0.2) is 44.0 Å². The van der Waals surface area contributed by atoms with E-state index in [0.717, 1.165) is 22.0 Å². The van der Waals surface area contributed by atoms with Crippen LogP contribution in [0.3, 0.4) is 0 Å². The van der Waals surface area contributed by atoms with Crippen LogP contribution < -0.4 is 15.4 Å². The summed E-state index contributed by atoms with van der Waals surface area (Å²) >= 11 is 0. The lowest BCUT2D eigenvalue weighted by molar-refractivity contribution is -0.274. The molecule has 2 aromatic rings. The molecule has 0 saturated carbocycles. The van der Waals surface area contributed by atoms with Crippen molar-refractivity contribution in [3.8, 4) is 5.75 Å². The highest BCUT2D eigenvalue weighted by molar-refractivity contribution is 7.89. The molecule has 3 rings (SSSR count). The number of sulfonamides is 1. The van der Waals surface area contributed by atoms with Crippen LogP contribution in [0.2, 0.25) is 0 Å². The molecular weight excluding hydrogens is 475 g/mol. The third-order valence-corrected chi connectivity index (χ3v) is 7.20. The van der Waals surface area contributed by atoms with Crippen LogP contribution in [-0.2, 0) is 19.6 Å². The first kappa shape index (κ1) is 25.5. The highest BCUT2D eigenvalue weighted by Gasteiger charge is 2.34. The van der Waals surface area contributed by atoms with E-state index < -0.39 is 28.1 Å². The zero-order valence-electron chi connectivity index (χ0n) is 18.5. The Balaban J connectivity index is 1.61. The smallest absolute Gasteiger partial charge is 0.406 e. The number of piperidine rings is 1. The minimum Gasteiger partial charge on any atom is -0.406 e.